The van der Waals surface area contributed by atoms with E-state index in [0.717, 1.165) is 12.7 Å². The minimum absolute atomic E-state index is 0.484. The van der Waals surface area contributed by atoms with Crippen LogP contribution in [-0.4, -0.2) is 26.3 Å². The molecule has 0 aliphatic heterocycles. The summed E-state index contributed by atoms with van der Waals surface area (Å²) in [7, 11) is -3.27. The molecule has 0 unspecified atom stereocenters. The molecule has 5 heteroatoms. The molecule has 16 heavy (non-hydrogen) atoms. The normalized spacial score (nSPS) is 11.1. The van der Waals surface area contributed by atoms with Crippen molar-refractivity contribution < 1.29 is 13.2 Å². The predicted molar refractivity (Wildman–Crippen MR) is 64.2 cm³/mol. The highest BCUT2D eigenvalue weighted by atomic mass is 32.2. The number of benzene rings is 1. The van der Waals surface area contributed by atoms with Gasteiger partial charge in [-0.05, 0) is 24.1 Å². The van der Waals surface area contributed by atoms with Gasteiger partial charge in [-0.25, -0.2) is 8.42 Å². The van der Waals surface area contributed by atoms with Crippen molar-refractivity contribution >= 4 is 21.4 Å². The van der Waals surface area contributed by atoms with E-state index in [1.54, 1.807) is 12.1 Å². The number of hydrogen-bond donors (Lipinski definition) is 1. The fourth-order valence-corrected chi connectivity index (χ4v) is 1.81. The Hall–Kier alpha value is -1.36. The second kappa shape index (κ2) is 5.12. The summed E-state index contributed by atoms with van der Waals surface area (Å²) in [5, 5.41) is 2.53. The van der Waals surface area contributed by atoms with E-state index in [1.807, 2.05) is 19.1 Å². The number of carbonyl (C=O) groups excluding carboxylic acids is 1. The smallest absolute Gasteiger partial charge is 0.239 e. The minimum atomic E-state index is -3.27. The highest BCUT2D eigenvalue weighted by Gasteiger charge is 2.10. The number of sulfone groups is 1. The van der Waals surface area contributed by atoms with Crippen LogP contribution in [0.5, 0.6) is 0 Å². The third-order valence-electron chi connectivity index (χ3n) is 2.04. The Balaban J connectivity index is 2.63. The van der Waals surface area contributed by atoms with Crippen LogP contribution in [-0.2, 0) is 21.1 Å². The molecular weight excluding hydrogens is 226 g/mol. The third kappa shape index (κ3) is 4.44. The zero-order chi connectivity index (χ0) is 12.2. The fourth-order valence-electron chi connectivity index (χ4n) is 1.26. The number of hydrogen-bond acceptors (Lipinski definition) is 3. The SMILES string of the molecule is CCc1ccc(NC(=O)CS(C)(=O)=O)cc1. The molecule has 4 nitrogen and oxygen atoms in total. The molecule has 1 N–H and O–H groups in total. The molecule has 0 saturated carbocycles. The van der Waals surface area contributed by atoms with Crippen molar-refractivity contribution in [2.24, 2.45) is 0 Å². The van der Waals surface area contributed by atoms with Crippen molar-refractivity contribution in [1.82, 2.24) is 0 Å². The molecule has 0 atom stereocenters. The first-order valence-corrected chi connectivity index (χ1v) is 7.03. The van der Waals surface area contributed by atoms with Gasteiger partial charge in [0.2, 0.25) is 5.91 Å². The molecule has 0 heterocycles. The van der Waals surface area contributed by atoms with Gasteiger partial charge in [0, 0.05) is 11.9 Å². The van der Waals surface area contributed by atoms with Crippen LogP contribution >= 0.6 is 0 Å². The summed E-state index contributed by atoms with van der Waals surface area (Å²) in [5.41, 5.74) is 1.78. The highest BCUT2D eigenvalue weighted by molar-refractivity contribution is 7.91. The largest absolute Gasteiger partial charge is 0.325 e. The molecule has 88 valence electrons. The molecule has 0 saturated heterocycles. The maximum absolute atomic E-state index is 11.3. The second-order valence-electron chi connectivity index (χ2n) is 3.67. The first kappa shape index (κ1) is 12.7. The summed E-state index contributed by atoms with van der Waals surface area (Å²) in [5.74, 6) is -0.991. The minimum Gasteiger partial charge on any atom is -0.325 e. The molecule has 0 aliphatic carbocycles. The summed E-state index contributed by atoms with van der Waals surface area (Å²) in [6.45, 7) is 2.04. The Kier molecular flexibility index (Phi) is 4.06. The van der Waals surface area contributed by atoms with Crippen molar-refractivity contribution in [3.8, 4) is 0 Å². The molecule has 1 aromatic rings. The zero-order valence-corrected chi connectivity index (χ0v) is 10.2. The van der Waals surface area contributed by atoms with Crippen molar-refractivity contribution in [3.63, 3.8) is 0 Å². The van der Waals surface area contributed by atoms with Crippen LogP contribution < -0.4 is 5.32 Å². The van der Waals surface area contributed by atoms with Gasteiger partial charge >= 0.3 is 0 Å². The summed E-state index contributed by atoms with van der Waals surface area (Å²) < 4.78 is 21.7. The van der Waals surface area contributed by atoms with Crippen LogP contribution in [0.4, 0.5) is 5.69 Å². The van der Waals surface area contributed by atoms with E-state index in [1.165, 1.54) is 5.56 Å². The van der Waals surface area contributed by atoms with Crippen LogP contribution in [0.2, 0.25) is 0 Å². The van der Waals surface area contributed by atoms with Crippen molar-refractivity contribution in [2.75, 3.05) is 17.3 Å². The number of nitrogens with one attached hydrogen (secondary N) is 1. The maximum atomic E-state index is 11.3. The Morgan fingerprint density at radius 3 is 2.25 bits per heavy atom. The van der Waals surface area contributed by atoms with E-state index in [9.17, 15) is 13.2 Å². The molecule has 0 bridgehead atoms. The van der Waals surface area contributed by atoms with Gasteiger partial charge in [-0.3, -0.25) is 4.79 Å². The number of amides is 1. The van der Waals surface area contributed by atoms with E-state index >= 15 is 0 Å². The quantitative estimate of drug-likeness (QED) is 0.862. The Morgan fingerprint density at radius 2 is 1.81 bits per heavy atom. The van der Waals surface area contributed by atoms with Crippen LogP contribution in [0.3, 0.4) is 0 Å². The lowest BCUT2D eigenvalue weighted by Crippen LogP contribution is -2.21. The van der Waals surface area contributed by atoms with Crippen molar-refractivity contribution in [2.45, 2.75) is 13.3 Å². The van der Waals surface area contributed by atoms with Crippen molar-refractivity contribution in [1.29, 1.82) is 0 Å². The summed E-state index contributed by atoms with van der Waals surface area (Å²) in [4.78, 5) is 11.3. The number of anilines is 1. The monoisotopic (exact) mass is 241 g/mol. The highest BCUT2D eigenvalue weighted by Crippen LogP contribution is 2.09. The molecule has 0 spiro atoms. The number of carbonyl (C=O) groups is 1. The van der Waals surface area contributed by atoms with E-state index in [2.05, 4.69) is 5.32 Å². The summed E-state index contributed by atoms with van der Waals surface area (Å²) >= 11 is 0. The number of aryl methyl sites for hydroxylation is 1. The lowest BCUT2D eigenvalue weighted by atomic mass is 10.1. The topological polar surface area (TPSA) is 63.2 Å². The van der Waals surface area contributed by atoms with Gasteiger partial charge in [0.15, 0.2) is 9.84 Å². The van der Waals surface area contributed by atoms with Crippen LogP contribution in [0.15, 0.2) is 24.3 Å². The summed E-state index contributed by atoms with van der Waals surface area (Å²) in [6.07, 6.45) is 1.96. The van der Waals surface area contributed by atoms with Crippen LogP contribution in [0, 0.1) is 0 Å². The van der Waals surface area contributed by atoms with Gasteiger partial charge in [0.25, 0.3) is 0 Å². The maximum Gasteiger partial charge on any atom is 0.239 e. The van der Waals surface area contributed by atoms with Crippen LogP contribution in [0.1, 0.15) is 12.5 Å². The van der Waals surface area contributed by atoms with E-state index < -0.39 is 21.5 Å². The van der Waals surface area contributed by atoms with E-state index in [4.69, 9.17) is 0 Å². The van der Waals surface area contributed by atoms with Gasteiger partial charge in [-0.15, -0.1) is 0 Å². The summed E-state index contributed by atoms with van der Waals surface area (Å²) in [6, 6.07) is 7.32. The van der Waals surface area contributed by atoms with E-state index in [-0.39, 0.29) is 0 Å². The predicted octanol–water partition coefficient (Wildman–Crippen LogP) is 1.23. The molecule has 0 aliphatic rings. The number of rotatable bonds is 4. The van der Waals surface area contributed by atoms with Gasteiger partial charge < -0.3 is 5.32 Å². The third-order valence-corrected chi connectivity index (χ3v) is 2.83. The van der Waals surface area contributed by atoms with Crippen molar-refractivity contribution in [3.05, 3.63) is 29.8 Å². The average Bonchev–Trinajstić information content (AvgIpc) is 2.16. The Morgan fingerprint density at radius 1 is 1.25 bits per heavy atom. The lowest BCUT2D eigenvalue weighted by Gasteiger charge is -2.04. The first-order valence-electron chi connectivity index (χ1n) is 4.97. The standard InChI is InChI=1S/C11H15NO3S/c1-3-9-4-6-10(7-5-9)12-11(13)8-16(2,14)15/h4-7H,3,8H2,1-2H3,(H,12,13). The Labute approximate surface area is 95.6 Å². The van der Waals surface area contributed by atoms with Gasteiger partial charge in [-0.1, -0.05) is 19.1 Å². The molecule has 1 aromatic carbocycles. The first-order chi connectivity index (χ1) is 7.40. The van der Waals surface area contributed by atoms with Crippen LogP contribution in [0.25, 0.3) is 0 Å². The van der Waals surface area contributed by atoms with Gasteiger partial charge in [0.05, 0.1) is 0 Å². The Bertz CT molecular complexity index is 463. The molecule has 0 fully saturated rings. The molecular formula is C11H15NO3S. The van der Waals surface area contributed by atoms with Gasteiger partial charge in [0.1, 0.15) is 5.75 Å². The molecule has 0 aromatic heterocycles. The average molecular weight is 241 g/mol. The van der Waals surface area contributed by atoms with Gasteiger partial charge in [-0.2, -0.15) is 0 Å². The second-order valence-corrected chi connectivity index (χ2v) is 5.81. The molecule has 1 amide bonds. The zero-order valence-electron chi connectivity index (χ0n) is 9.36. The lowest BCUT2D eigenvalue weighted by molar-refractivity contribution is -0.113. The molecule has 1 rings (SSSR count). The fraction of sp³-hybridized carbons (Fsp3) is 0.364. The molecule has 0 radical (unpaired) electrons. The van der Waals surface area contributed by atoms with E-state index in [0.29, 0.717) is 5.69 Å².